The molecule has 1 aliphatic rings. The summed E-state index contributed by atoms with van der Waals surface area (Å²) in [5, 5.41) is 11.1. The maximum atomic E-state index is 12.2. The van der Waals surface area contributed by atoms with Crippen LogP contribution in [0.25, 0.3) is 10.9 Å². The van der Waals surface area contributed by atoms with Gasteiger partial charge >= 0.3 is 0 Å². The molecular formula is C23H23N3O. The van der Waals surface area contributed by atoms with Crippen molar-refractivity contribution in [1.82, 2.24) is 9.97 Å². The summed E-state index contributed by atoms with van der Waals surface area (Å²) in [4.78, 5) is 19.8. The summed E-state index contributed by atoms with van der Waals surface area (Å²) >= 11 is 0. The normalized spacial score (nSPS) is 18.1. The Labute approximate surface area is 158 Å². The van der Waals surface area contributed by atoms with E-state index in [2.05, 4.69) is 23.0 Å². The number of aromatic nitrogens is 2. The van der Waals surface area contributed by atoms with Crippen LogP contribution < -0.4 is 5.56 Å². The predicted molar refractivity (Wildman–Crippen MR) is 107 cm³/mol. The van der Waals surface area contributed by atoms with Crippen molar-refractivity contribution in [3.8, 4) is 6.07 Å². The number of benzene rings is 1. The van der Waals surface area contributed by atoms with Crippen LogP contribution in [0, 0.1) is 18.3 Å². The molecule has 0 aliphatic heterocycles. The molecule has 0 spiro atoms. The average molecular weight is 357 g/mol. The molecule has 2 atom stereocenters. The highest BCUT2D eigenvalue weighted by molar-refractivity contribution is 5.80. The van der Waals surface area contributed by atoms with Crippen molar-refractivity contribution in [1.29, 1.82) is 5.26 Å². The van der Waals surface area contributed by atoms with E-state index < -0.39 is 5.41 Å². The second kappa shape index (κ2) is 6.35. The summed E-state index contributed by atoms with van der Waals surface area (Å²) in [6, 6.07) is 12.5. The first kappa shape index (κ1) is 17.5. The quantitative estimate of drug-likeness (QED) is 0.759. The van der Waals surface area contributed by atoms with Crippen LogP contribution in [0.4, 0.5) is 0 Å². The number of aryl methyl sites for hydroxylation is 2. The molecule has 0 saturated carbocycles. The molecule has 1 aliphatic carbocycles. The molecule has 2 unspecified atom stereocenters. The van der Waals surface area contributed by atoms with Crippen LogP contribution in [-0.2, 0) is 18.3 Å². The van der Waals surface area contributed by atoms with Crippen LogP contribution in [0.1, 0.15) is 54.1 Å². The lowest BCUT2D eigenvalue weighted by atomic mass is 9.71. The van der Waals surface area contributed by atoms with Gasteiger partial charge in [0, 0.05) is 28.9 Å². The Kier molecular flexibility index (Phi) is 4.11. The summed E-state index contributed by atoms with van der Waals surface area (Å²) in [7, 11) is 0. The topological polar surface area (TPSA) is 69.5 Å². The fourth-order valence-electron chi connectivity index (χ4n) is 4.40. The second-order valence-corrected chi connectivity index (χ2v) is 7.68. The number of rotatable bonds is 3. The third kappa shape index (κ3) is 2.66. The van der Waals surface area contributed by atoms with Crippen LogP contribution in [0.2, 0.25) is 0 Å². The van der Waals surface area contributed by atoms with E-state index in [0.29, 0.717) is 6.42 Å². The maximum Gasteiger partial charge on any atom is 0.251 e. The monoisotopic (exact) mass is 357 g/mol. The molecule has 4 nitrogen and oxygen atoms in total. The molecule has 4 heteroatoms. The fourth-order valence-corrected chi connectivity index (χ4v) is 4.40. The molecule has 1 N–H and O–H groups in total. The lowest BCUT2D eigenvalue weighted by Crippen LogP contribution is -2.28. The Morgan fingerprint density at radius 2 is 2.15 bits per heavy atom. The summed E-state index contributed by atoms with van der Waals surface area (Å²) in [6.07, 6.45) is 4.42. The number of nitrogens with zero attached hydrogens (tertiary/aromatic N) is 2. The molecule has 27 heavy (non-hydrogen) atoms. The largest absolute Gasteiger partial charge is 0.322 e. The number of fused-ring (bicyclic) bond motifs is 2. The Balaban J connectivity index is 1.85. The third-order valence-electron chi connectivity index (χ3n) is 6.17. The highest BCUT2D eigenvalue weighted by atomic mass is 16.1. The molecular weight excluding hydrogens is 334 g/mol. The van der Waals surface area contributed by atoms with Gasteiger partial charge in [-0.1, -0.05) is 19.1 Å². The predicted octanol–water partition coefficient (Wildman–Crippen LogP) is 4.31. The maximum absolute atomic E-state index is 12.2. The molecule has 2 heterocycles. The lowest BCUT2D eigenvalue weighted by molar-refractivity contribution is 0.462. The first-order valence-corrected chi connectivity index (χ1v) is 9.50. The van der Waals surface area contributed by atoms with Gasteiger partial charge in [0.15, 0.2) is 0 Å². The zero-order chi connectivity index (χ0) is 19.2. The number of hydrogen-bond acceptors (Lipinski definition) is 3. The van der Waals surface area contributed by atoms with Crippen molar-refractivity contribution in [3.63, 3.8) is 0 Å². The van der Waals surface area contributed by atoms with Gasteiger partial charge in [0.25, 0.3) is 5.56 Å². The van der Waals surface area contributed by atoms with E-state index >= 15 is 0 Å². The van der Waals surface area contributed by atoms with E-state index in [-0.39, 0.29) is 11.5 Å². The molecule has 1 aromatic carbocycles. The van der Waals surface area contributed by atoms with Gasteiger partial charge in [-0.2, -0.15) is 5.26 Å². The summed E-state index contributed by atoms with van der Waals surface area (Å²) in [6.45, 7) is 6.08. The molecule has 4 rings (SSSR count). The van der Waals surface area contributed by atoms with Gasteiger partial charge in [-0.15, -0.1) is 0 Å². The van der Waals surface area contributed by atoms with Gasteiger partial charge in [-0.05, 0) is 73.4 Å². The zero-order valence-electron chi connectivity index (χ0n) is 16.0. The SMILES string of the molecule is CCc1cc2ccc(C(C)(C#N)C3CCc4c(C)ccnc43)cc2[nH]c1=O. The molecule has 0 fully saturated rings. The number of H-pyrrole nitrogens is 1. The van der Waals surface area contributed by atoms with E-state index in [4.69, 9.17) is 0 Å². The van der Waals surface area contributed by atoms with E-state index in [1.165, 1.54) is 11.1 Å². The first-order valence-electron chi connectivity index (χ1n) is 9.50. The minimum absolute atomic E-state index is 0.0516. The summed E-state index contributed by atoms with van der Waals surface area (Å²) in [5.41, 5.74) is 5.33. The van der Waals surface area contributed by atoms with Gasteiger partial charge in [-0.25, -0.2) is 0 Å². The Morgan fingerprint density at radius 1 is 1.33 bits per heavy atom. The van der Waals surface area contributed by atoms with E-state index in [1.54, 1.807) is 0 Å². The van der Waals surface area contributed by atoms with E-state index in [0.717, 1.165) is 40.6 Å². The number of hydrogen-bond donors (Lipinski definition) is 1. The minimum Gasteiger partial charge on any atom is -0.322 e. The van der Waals surface area contributed by atoms with Gasteiger partial charge < -0.3 is 4.98 Å². The van der Waals surface area contributed by atoms with Crippen LogP contribution in [-0.4, -0.2) is 9.97 Å². The van der Waals surface area contributed by atoms with Crippen LogP contribution in [0.5, 0.6) is 0 Å². The van der Waals surface area contributed by atoms with Crippen LogP contribution in [0.3, 0.4) is 0 Å². The van der Waals surface area contributed by atoms with Crippen molar-refractivity contribution in [3.05, 3.63) is 74.8 Å². The average Bonchev–Trinajstić information content (AvgIpc) is 3.12. The summed E-state index contributed by atoms with van der Waals surface area (Å²) < 4.78 is 0. The number of nitriles is 1. The second-order valence-electron chi connectivity index (χ2n) is 7.68. The highest BCUT2D eigenvalue weighted by Gasteiger charge is 2.42. The van der Waals surface area contributed by atoms with Crippen LogP contribution >= 0.6 is 0 Å². The summed E-state index contributed by atoms with van der Waals surface area (Å²) in [5.74, 6) is 0.0523. The highest BCUT2D eigenvalue weighted by Crippen LogP contribution is 2.46. The van der Waals surface area contributed by atoms with E-state index in [9.17, 15) is 10.1 Å². The molecule has 0 radical (unpaired) electrons. The number of nitrogens with one attached hydrogen (secondary N) is 1. The molecule has 3 aromatic rings. The molecule has 0 amide bonds. The standard InChI is InChI=1S/C23H23N3O/c1-4-15-11-16-5-6-17(12-20(16)26-22(15)27)23(3,13-24)19-8-7-18-14(2)9-10-25-21(18)19/h5-6,9-12,19H,4,7-8H2,1-3H3,(H,26,27). The van der Waals surface area contributed by atoms with E-state index in [1.807, 2.05) is 50.4 Å². The van der Waals surface area contributed by atoms with Crippen molar-refractivity contribution in [2.75, 3.05) is 0 Å². The van der Waals surface area contributed by atoms with Crippen molar-refractivity contribution >= 4 is 10.9 Å². The van der Waals surface area contributed by atoms with Gasteiger partial charge in [0.2, 0.25) is 0 Å². The lowest BCUT2D eigenvalue weighted by Gasteiger charge is -2.29. The van der Waals surface area contributed by atoms with Crippen molar-refractivity contribution in [2.45, 2.75) is 51.4 Å². The Bertz CT molecular complexity index is 1140. The first-order chi connectivity index (χ1) is 13.0. The number of pyridine rings is 2. The third-order valence-corrected chi connectivity index (χ3v) is 6.17. The molecule has 0 bridgehead atoms. The van der Waals surface area contributed by atoms with Crippen molar-refractivity contribution in [2.24, 2.45) is 0 Å². The van der Waals surface area contributed by atoms with Crippen molar-refractivity contribution < 1.29 is 0 Å². The van der Waals surface area contributed by atoms with Gasteiger partial charge in [0.1, 0.15) is 0 Å². The molecule has 0 saturated heterocycles. The number of aromatic amines is 1. The Morgan fingerprint density at radius 3 is 2.89 bits per heavy atom. The van der Waals surface area contributed by atoms with Gasteiger partial charge in [0.05, 0.1) is 11.5 Å². The fraction of sp³-hybridized carbons (Fsp3) is 0.348. The van der Waals surface area contributed by atoms with Gasteiger partial charge in [-0.3, -0.25) is 9.78 Å². The Hall–Kier alpha value is -2.93. The van der Waals surface area contributed by atoms with Crippen LogP contribution in [0.15, 0.2) is 41.3 Å². The minimum atomic E-state index is -0.694. The smallest absolute Gasteiger partial charge is 0.251 e. The zero-order valence-corrected chi connectivity index (χ0v) is 16.0. The molecule has 2 aromatic heterocycles. The molecule has 136 valence electrons.